The van der Waals surface area contributed by atoms with Gasteiger partial charge in [0, 0.05) is 26.2 Å². The molecule has 3 heterocycles. The highest BCUT2D eigenvalue weighted by Gasteiger charge is 2.49. The molecule has 146 valence electrons. The summed E-state index contributed by atoms with van der Waals surface area (Å²) >= 11 is 0. The second-order valence-corrected chi connectivity index (χ2v) is 9.19. The molecule has 4 fully saturated rings. The highest BCUT2D eigenvalue weighted by Crippen LogP contribution is 2.41. The first-order valence-corrected chi connectivity index (χ1v) is 11.0. The van der Waals surface area contributed by atoms with Gasteiger partial charge in [-0.25, -0.2) is 0 Å². The van der Waals surface area contributed by atoms with Crippen molar-refractivity contribution >= 4 is 11.8 Å². The summed E-state index contributed by atoms with van der Waals surface area (Å²) in [6.45, 7) is 5.99. The van der Waals surface area contributed by atoms with Crippen LogP contribution in [0.15, 0.2) is 0 Å². The van der Waals surface area contributed by atoms with Crippen molar-refractivity contribution in [1.82, 2.24) is 14.7 Å². The Labute approximate surface area is 158 Å². The molecular weight excluding hydrogens is 326 g/mol. The van der Waals surface area contributed by atoms with Crippen LogP contribution in [0, 0.1) is 11.3 Å². The van der Waals surface area contributed by atoms with Crippen LogP contribution in [0.2, 0.25) is 0 Å². The quantitative estimate of drug-likeness (QED) is 0.773. The molecular formula is C21H35N3O2. The minimum absolute atomic E-state index is 0.245. The van der Waals surface area contributed by atoms with E-state index in [2.05, 4.69) is 9.80 Å². The summed E-state index contributed by atoms with van der Waals surface area (Å²) in [5, 5.41) is 0. The Balaban J connectivity index is 1.33. The minimum Gasteiger partial charge on any atom is -0.342 e. The lowest BCUT2D eigenvalue weighted by molar-refractivity contribution is -0.146. The van der Waals surface area contributed by atoms with Gasteiger partial charge in [-0.15, -0.1) is 0 Å². The van der Waals surface area contributed by atoms with Crippen molar-refractivity contribution < 1.29 is 9.59 Å². The summed E-state index contributed by atoms with van der Waals surface area (Å²) < 4.78 is 0. The Hall–Kier alpha value is -1.10. The first-order chi connectivity index (χ1) is 12.7. The van der Waals surface area contributed by atoms with Crippen molar-refractivity contribution in [2.24, 2.45) is 11.3 Å². The average Bonchev–Trinajstić information content (AvgIpc) is 3.32. The van der Waals surface area contributed by atoms with Gasteiger partial charge in [-0.3, -0.25) is 14.5 Å². The topological polar surface area (TPSA) is 43.9 Å². The van der Waals surface area contributed by atoms with E-state index in [-0.39, 0.29) is 11.3 Å². The standard InChI is InChI=1S/C21H35N3O2/c25-19(16-22-11-4-2-1-3-5-12-22)24-14-10-21(17-24)9-6-13-23(20(21)26)15-18-7-8-18/h18H,1-17H2. The molecule has 4 rings (SSSR count). The van der Waals surface area contributed by atoms with Crippen LogP contribution in [0.3, 0.4) is 0 Å². The van der Waals surface area contributed by atoms with Gasteiger partial charge in [0.05, 0.1) is 12.0 Å². The van der Waals surface area contributed by atoms with Crippen molar-refractivity contribution in [3.63, 3.8) is 0 Å². The van der Waals surface area contributed by atoms with Gasteiger partial charge in [0.1, 0.15) is 0 Å². The molecule has 3 aliphatic heterocycles. The summed E-state index contributed by atoms with van der Waals surface area (Å²) in [5.41, 5.74) is -0.265. The maximum atomic E-state index is 13.1. The number of nitrogens with zero attached hydrogens (tertiary/aromatic N) is 3. The molecule has 1 saturated carbocycles. The van der Waals surface area contributed by atoms with Gasteiger partial charge in [0.25, 0.3) is 0 Å². The van der Waals surface area contributed by atoms with E-state index in [4.69, 9.17) is 0 Å². The zero-order chi connectivity index (χ0) is 18.0. The number of amides is 2. The smallest absolute Gasteiger partial charge is 0.236 e. The zero-order valence-corrected chi connectivity index (χ0v) is 16.3. The van der Waals surface area contributed by atoms with E-state index < -0.39 is 0 Å². The number of carbonyl (C=O) groups excluding carboxylic acids is 2. The summed E-state index contributed by atoms with van der Waals surface area (Å²) in [5.74, 6) is 1.34. The Bertz CT molecular complexity index is 525. The first-order valence-electron chi connectivity index (χ1n) is 11.0. The van der Waals surface area contributed by atoms with E-state index in [1.807, 2.05) is 4.90 Å². The normalized spacial score (nSPS) is 31.3. The second kappa shape index (κ2) is 7.87. The van der Waals surface area contributed by atoms with Crippen LogP contribution in [0.25, 0.3) is 0 Å². The molecule has 1 aliphatic carbocycles. The van der Waals surface area contributed by atoms with Gasteiger partial charge < -0.3 is 9.80 Å². The highest BCUT2D eigenvalue weighted by atomic mass is 16.2. The van der Waals surface area contributed by atoms with Crippen LogP contribution in [-0.4, -0.2) is 72.3 Å². The fraction of sp³-hybridized carbons (Fsp3) is 0.905. The Morgan fingerprint density at radius 1 is 0.923 bits per heavy atom. The largest absolute Gasteiger partial charge is 0.342 e. The van der Waals surface area contributed by atoms with E-state index in [9.17, 15) is 9.59 Å². The summed E-state index contributed by atoms with van der Waals surface area (Å²) in [6, 6.07) is 0. The highest BCUT2D eigenvalue weighted by molar-refractivity contribution is 5.86. The molecule has 0 radical (unpaired) electrons. The monoisotopic (exact) mass is 361 g/mol. The number of rotatable bonds is 4. The fourth-order valence-electron chi connectivity index (χ4n) is 5.16. The maximum absolute atomic E-state index is 13.1. The molecule has 5 heteroatoms. The number of hydrogen-bond donors (Lipinski definition) is 0. The van der Waals surface area contributed by atoms with Crippen LogP contribution in [0.1, 0.15) is 64.2 Å². The second-order valence-electron chi connectivity index (χ2n) is 9.19. The third kappa shape index (κ3) is 4.08. The van der Waals surface area contributed by atoms with Crippen molar-refractivity contribution in [3.8, 4) is 0 Å². The molecule has 1 atom stereocenters. The fourth-order valence-corrected chi connectivity index (χ4v) is 5.16. The van der Waals surface area contributed by atoms with Gasteiger partial charge in [-0.2, -0.15) is 0 Å². The summed E-state index contributed by atoms with van der Waals surface area (Å²) in [6.07, 6.45) is 11.9. The molecule has 0 aromatic carbocycles. The lowest BCUT2D eigenvalue weighted by Crippen LogP contribution is -2.51. The molecule has 3 saturated heterocycles. The molecule has 5 nitrogen and oxygen atoms in total. The molecule has 1 unspecified atom stereocenters. The van der Waals surface area contributed by atoms with E-state index in [0.29, 0.717) is 19.0 Å². The number of hydrogen-bond acceptors (Lipinski definition) is 3. The summed E-state index contributed by atoms with van der Waals surface area (Å²) in [4.78, 5) is 32.5. The number of carbonyl (C=O) groups is 2. The SMILES string of the molecule is O=C(CN1CCCCCCC1)N1CCC2(CCCN(CC3CC3)C2=O)C1. The molecule has 26 heavy (non-hydrogen) atoms. The first kappa shape index (κ1) is 18.3. The van der Waals surface area contributed by atoms with Gasteiger partial charge in [0.15, 0.2) is 0 Å². The van der Waals surface area contributed by atoms with Crippen molar-refractivity contribution in [2.45, 2.75) is 64.2 Å². The molecule has 0 aromatic heterocycles. The Morgan fingerprint density at radius 3 is 2.38 bits per heavy atom. The third-order valence-electron chi connectivity index (χ3n) is 7.01. The van der Waals surface area contributed by atoms with Crippen LogP contribution >= 0.6 is 0 Å². The molecule has 4 aliphatic rings. The zero-order valence-electron chi connectivity index (χ0n) is 16.3. The predicted molar refractivity (Wildman–Crippen MR) is 102 cm³/mol. The van der Waals surface area contributed by atoms with Crippen molar-refractivity contribution in [1.29, 1.82) is 0 Å². The molecule has 0 N–H and O–H groups in total. The van der Waals surface area contributed by atoms with E-state index in [0.717, 1.165) is 57.9 Å². The number of piperidine rings is 1. The maximum Gasteiger partial charge on any atom is 0.236 e. The van der Waals surface area contributed by atoms with Crippen LogP contribution in [0.4, 0.5) is 0 Å². The lowest BCUT2D eigenvalue weighted by Gasteiger charge is -2.39. The Morgan fingerprint density at radius 2 is 1.65 bits per heavy atom. The third-order valence-corrected chi connectivity index (χ3v) is 7.01. The summed E-state index contributed by atoms with van der Waals surface area (Å²) in [7, 11) is 0. The molecule has 0 aromatic rings. The lowest BCUT2D eigenvalue weighted by atomic mass is 9.78. The van der Waals surface area contributed by atoms with Crippen molar-refractivity contribution in [3.05, 3.63) is 0 Å². The molecule has 0 bridgehead atoms. The van der Waals surface area contributed by atoms with E-state index in [1.165, 1.54) is 44.9 Å². The molecule has 1 spiro atoms. The van der Waals surface area contributed by atoms with Crippen LogP contribution < -0.4 is 0 Å². The van der Waals surface area contributed by atoms with Crippen LogP contribution in [0.5, 0.6) is 0 Å². The average molecular weight is 362 g/mol. The van der Waals surface area contributed by atoms with E-state index >= 15 is 0 Å². The van der Waals surface area contributed by atoms with Gasteiger partial charge >= 0.3 is 0 Å². The van der Waals surface area contributed by atoms with Gasteiger partial charge in [-0.05, 0) is 64.0 Å². The Kier molecular flexibility index (Phi) is 5.53. The molecule has 2 amide bonds. The minimum atomic E-state index is -0.265. The van der Waals surface area contributed by atoms with Crippen LogP contribution in [-0.2, 0) is 9.59 Å². The predicted octanol–water partition coefficient (Wildman–Crippen LogP) is 2.50. The van der Waals surface area contributed by atoms with E-state index in [1.54, 1.807) is 0 Å². The van der Waals surface area contributed by atoms with Crippen molar-refractivity contribution in [2.75, 3.05) is 45.8 Å². The van der Waals surface area contributed by atoms with Gasteiger partial charge in [0.2, 0.25) is 11.8 Å². The van der Waals surface area contributed by atoms with Gasteiger partial charge in [-0.1, -0.05) is 19.3 Å². The number of likely N-dealkylation sites (tertiary alicyclic amines) is 3.